The highest BCUT2D eigenvalue weighted by Gasteiger charge is 2.85. The van der Waals surface area contributed by atoms with Gasteiger partial charge in [-0.15, -0.1) is 11.6 Å². The number of ether oxygens (including phenoxy) is 3. The molecule has 0 aliphatic heterocycles. The Kier molecular flexibility index (Phi) is 8.67. The maximum atomic E-state index is 13.1. The van der Waals surface area contributed by atoms with Crippen LogP contribution in [-0.2, 0) is 14.2 Å². The Hall–Kier alpha value is -0.880. The van der Waals surface area contributed by atoms with Gasteiger partial charge in [0.2, 0.25) is 0 Å². The predicted octanol–water partition coefficient (Wildman–Crippen LogP) is 5.87. The Morgan fingerprint density at radius 1 is 0.567 bits per heavy atom. The van der Waals surface area contributed by atoms with Gasteiger partial charge in [-0.3, -0.25) is 0 Å². The zero-order valence-electron chi connectivity index (χ0n) is 13.6. The molecule has 0 spiro atoms. The predicted molar refractivity (Wildman–Crippen MR) is 64.1 cm³/mol. The molecule has 30 heavy (non-hydrogen) atoms. The molecule has 0 rings (SSSR count). The van der Waals surface area contributed by atoms with E-state index in [2.05, 4.69) is 9.47 Å². The van der Waals surface area contributed by atoms with Gasteiger partial charge in [0.05, 0.1) is 0 Å². The van der Waals surface area contributed by atoms with Crippen LogP contribution in [0.3, 0.4) is 0 Å². The second kappa shape index (κ2) is 8.93. The van der Waals surface area contributed by atoms with Crippen LogP contribution >= 0.6 is 11.6 Å². The molecule has 0 N–H and O–H groups in total. The number of rotatable bonds is 12. The molecule has 0 unspecified atom stereocenters. The maximum Gasteiger partial charge on any atom is 0.460 e. The fourth-order valence-corrected chi connectivity index (χ4v) is 1.38. The number of halogens is 16. The molecule has 0 aromatic heterocycles. The van der Waals surface area contributed by atoms with E-state index in [9.17, 15) is 65.9 Å². The van der Waals surface area contributed by atoms with Crippen LogP contribution in [0.5, 0.6) is 0 Å². The highest BCUT2D eigenvalue weighted by molar-refractivity contribution is 6.17. The van der Waals surface area contributed by atoms with Gasteiger partial charge in [0.15, 0.2) is 0 Å². The summed E-state index contributed by atoms with van der Waals surface area (Å²) in [5, 5.41) is 0. The van der Waals surface area contributed by atoms with Gasteiger partial charge in [-0.25, -0.2) is 9.47 Å². The van der Waals surface area contributed by atoms with Crippen LogP contribution in [0.4, 0.5) is 65.9 Å². The SMILES string of the molecule is FC(F)(COCCCCl)OC(F)(F)C(F)(F)OC(F)(F)C(F)(F)C(F)(F)C(F)(F)F. The second-order valence-corrected chi connectivity index (χ2v) is 5.51. The molecule has 0 saturated carbocycles. The third kappa shape index (κ3) is 6.32. The minimum atomic E-state index is -7.88. The smallest absolute Gasteiger partial charge is 0.372 e. The van der Waals surface area contributed by atoms with E-state index in [1.165, 1.54) is 4.74 Å². The molecule has 0 aromatic carbocycles. The third-order valence-corrected chi connectivity index (χ3v) is 2.95. The molecule has 0 radical (unpaired) electrons. The number of hydrogen-bond donors (Lipinski definition) is 0. The highest BCUT2D eigenvalue weighted by atomic mass is 35.5. The van der Waals surface area contributed by atoms with Crippen molar-refractivity contribution < 1.29 is 80.1 Å². The summed E-state index contributed by atoms with van der Waals surface area (Å²) in [7, 11) is 0. The Balaban J connectivity index is 5.60. The van der Waals surface area contributed by atoms with Crippen molar-refractivity contribution in [3.63, 3.8) is 0 Å². The molecule has 0 aromatic rings. The van der Waals surface area contributed by atoms with Gasteiger partial charge >= 0.3 is 42.5 Å². The Labute approximate surface area is 161 Å². The molecule has 0 bridgehead atoms. The van der Waals surface area contributed by atoms with Crippen LogP contribution in [0.2, 0.25) is 0 Å². The molecule has 0 fully saturated rings. The summed E-state index contributed by atoms with van der Waals surface area (Å²) in [4.78, 5) is 0. The standard InChI is InChI=1S/C11H8ClF15O3/c12-2-1-3-28-4-5(13,14)29-10(24,25)11(26,27)30-9(22,23)7(17,18)6(15,16)8(19,20)21/h1-4H2. The van der Waals surface area contributed by atoms with E-state index >= 15 is 0 Å². The molecule has 0 atom stereocenters. The van der Waals surface area contributed by atoms with Crippen LogP contribution in [-0.4, -0.2) is 61.5 Å². The summed E-state index contributed by atoms with van der Waals surface area (Å²) in [6.07, 6.45) is -34.9. The monoisotopic (exact) mass is 508 g/mol. The number of hydrogen-bond acceptors (Lipinski definition) is 3. The molecule has 3 nitrogen and oxygen atoms in total. The summed E-state index contributed by atoms with van der Waals surface area (Å²) in [5.41, 5.74) is 0. The molecule has 19 heteroatoms. The topological polar surface area (TPSA) is 27.7 Å². The largest absolute Gasteiger partial charge is 0.460 e. The van der Waals surface area contributed by atoms with Crippen molar-refractivity contribution in [2.24, 2.45) is 0 Å². The highest BCUT2D eigenvalue weighted by Crippen LogP contribution is 2.55. The van der Waals surface area contributed by atoms with Crippen LogP contribution in [0.15, 0.2) is 0 Å². The number of alkyl halides is 16. The zero-order chi connectivity index (χ0) is 24.4. The van der Waals surface area contributed by atoms with Crippen molar-refractivity contribution in [2.75, 3.05) is 19.1 Å². The first-order chi connectivity index (χ1) is 13.0. The summed E-state index contributed by atoms with van der Waals surface area (Å²) in [6, 6.07) is 0. The van der Waals surface area contributed by atoms with Gasteiger partial charge in [0.25, 0.3) is 0 Å². The maximum absolute atomic E-state index is 13.1. The van der Waals surface area contributed by atoms with E-state index < -0.39 is 55.7 Å². The summed E-state index contributed by atoms with van der Waals surface area (Å²) < 4.78 is 198. The van der Waals surface area contributed by atoms with Crippen molar-refractivity contribution >= 4 is 11.6 Å². The van der Waals surface area contributed by atoms with Crippen molar-refractivity contribution in [1.29, 1.82) is 0 Å². The molecular weight excluding hydrogens is 501 g/mol. The van der Waals surface area contributed by atoms with Gasteiger partial charge in [0.1, 0.15) is 6.61 Å². The fourth-order valence-electron chi connectivity index (χ4n) is 1.27. The molecule has 0 saturated heterocycles. The van der Waals surface area contributed by atoms with Crippen LogP contribution in [0, 0.1) is 0 Å². The molecular formula is C11H8ClF15O3. The summed E-state index contributed by atoms with van der Waals surface area (Å²) in [6.45, 7) is -2.90. The van der Waals surface area contributed by atoms with Gasteiger partial charge in [-0.2, -0.15) is 65.9 Å². The van der Waals surface area contributed by atoms with Crippen molar-refractivity contribution in [3.8, 4) is 0 Å². The average molecular weight is 509 g/mol. The van der Waals surface area contributed by atoms with Crippen LogP contribution in [0.25, 0.3) is 0 Å². The van der Waals surface area contributed by atoms with Crippen molar-refractivity contribution in [2.45, 2.75) is 48.9 Å². The second-order valence-electron chi connectivity index (χ2n) is 5.13. The van der Waals surface area contributed by atoms with Crippen molar-refractivity contribution in [1.82, 2.24) is 0 Å². The van der Waals surface area contributed by atoms with E-state index in [4.69, 9.17) is 11.6 Å². The molecule has 0 heterocycles. The van der Waals surface area contributed by atoms with Gasteiger partial charge in [0, 0.05) is 12.5 Å². The lowest BCUT2D eigenvalue weighted by molar-refractivity contribution is -0.543. The van der Waals surface area contributed by atoms with E-state index in [0.29, 0.717) is 0 Å². The first kappa shape index (κ1) is 29.1. The van der Waals surface area contributed by atoms with E-state index in [1.807, 2.05) is 0 Å². The molecule has 182 valence electrons. The van der Waals surface area contributed by atoms with E-state index in [1.54, 1.807) is 0 Å². The first-order valence-corrected chi connectivity index (χ1v) is 7.38. The first-order valence-electron chi connectivity index (χ1n) is 6.85. The Bertz CT molecular complexity index is 563. The van der Waals surface area contributed by atoms with Gasteiger partial charge in [-0.1, -0.05) is 0 Å². The average Bonchev–Trinajstić information content (AvgIpc) is 2.47. The van der Waals surface area contributed by atoms with E-state index in [-0.39, 0.29) is 12.3 Å². The lowest BCUT2D eigenvalue weighted by atomic mass is 10.1. The van der Waals surface area contributed by atoms with E-state index in [0.717, 1.165) is 0 Å². The van der Waals surface area contributed by atoms with Crippen molar-refractivity contribution in [3.05, 3.63) is 0 Å². The van der Waals surface area contributed by atoms with Crippen LogP contribution in [0.1, 0.15) is 6.42 Å². The Morgan fingerprint density at radius 3 is 1.40 bits per heavy atom. The minimum absolute atomic E-state index is 0.165. The zero-order valence-corrected chi connectivity index (χ0v) is 14.4. The summed E-state index contributed by atoms with van der Waals surface area (Å²) >= 11 is 5.09. The lowest BCUT2D eigenvalue weighted by Crippen LogP contribution is -2.64. The van der Waals surface area contributed by atoms with Gasteiger partial charge in [-0.05, 0) is 6.42 Å². The van der Waals surface area contributed by atoms with Gasteiger partial charge < -0.3 is 4.74 Å². The van der Waals surface area contributed by atoms with Crippen LogP contribution < -0.4 is 0 Å². The Morgan fingerprint density at radius 2 is 1.00 bits per heavy atom. The lowest BCUT2D eigenvalue weighted by Gasteiger charge is -2.36. The molecule has 0 aliphatic carbocycles. The molecule has 0 aliphatic rings. The molecule has 0 amide bonds. The fraction of sp³-hybridized carbons (Fsp3) is 1.00. The normalized spacial score (nSPS) is 15.6. The third-order valence-electron chi connectivity index (χ3n) is 2.68. The minimum Gasteiger partial charge on any atom is -0.372 e. The summed E-state index contributed by atoms with van der Waals surface area (Å²) in [5.74, 6) is -15.8. The quantitative estimate of drug-likeness (QED) is 0.188.